The number of piperazine rings is 1. The minimum absolute atomic E-state index is 0.0590. The molecule has 0 amide bonds. The molecule has 11 heteroatoms. The summed E-state index contributed by atoms with van der Waals surface area (Å²) in [5, 5.41) is 19.9. The average molecular weight is 401 g/mol. The summed E-state index contributed by atoms with van der Waals surface area (Å²) in [5.41, 5.74) is 0.960. The summed E-state index contributed by atoms with van der Waals surface area (Å²) >= 11 is 0. The maximum Gasteiger partial charge on any atom is 0.269 e. The van der Waals surface area contributed by atoms with Gasteiger partial charge in [0.2, 0.25) is 5.95 Å². The van der Waals surface area contributed by atoms with E-state index in [0.717, 1.165) is 0 Å². The lowest BCUT2D eigenvalue weighted by Gasteiger charge is -2.35. The van der Waals surface area contributed by atoms with Crippen molar-refractivity contribution in [2.24, 2.45) is 4.36 Å². The molecular weight excluding hydrogens is 382 g/mol. The van der Waals surface area contributed by atoms with Gasteiger partial charge in [0, 0.05) is 51.1 Å². The molecule has 10 nitrogen and oxygen atoms in total. The Hall–Kier alpha value is -3.10. The highest BCUT2D eigenvalue weighted by Crippen LogP contribution is 2.23. The van der Waals surface area contributed by atoms with Gasteiger partial charge in [0.15, 0.2) is 0 Å². The lowest BCUT2D eigenvalue weighted by molar-refractivity contribution is -0.384. The van der Waals surface area contributed by atoms with Crippen LogP contribution in [0.1, 0.15) is 11.4 Å². The third-order valence-electron chi connectivity index (χ3n) is 4.43. The Labute approximate surface area is 162 Å². The maximum absolute atomic E-state index is 13.5. The summed E-state index contributed by atoms with van der Waals surface area (Å²) in [6.45, 7) is 3.75. The Balaban J connectivity index is 1.79. The number of nitriles is 1. The van der Waals surface area contributed by atoms with E-state index in [2.05, 4.69) is 14.3 Å². The zero-order valence-corrected chi connectivity index (χ0v) is 16.3. The van der Waals surface area contributed by atoms with Crippen molar-refractivity contribution in [2.45, 2.75) is 11.8 Å². The molecule has 1 unspecified atom stereocenters. The number of nitrogens with zero attached hydrogens (tertiary/aromatic N) is 7. The SMILES string of the molecule is CN=S(=O)(c1ccc([N+](=O)[O-])cc1)N1CCN(c2nc(C)cc(C#N)n2)CC1. The molecule has 2 aromatic rings. The molecule has 1 atom stereocenters. The Morgan fingerprint density at radius 3 is 2.39 bits per heavy atom. The van der Waals surface area contributed by atoms with Gasteiger partial charge in [0.05, 0.1) is 9.82 Å². The Kier molecular flexibility index (Phi) is 5.53. The molecule has 0 spiro atoms. The van der Waals surface area contributed by atoms with Crippen molar-refractivity contribution in [3.8, 4) is 6.07 Å². The average Bonchev–Trinajstić information content (AvgIpc) is 2.72. The van der Waals surface area contributed by atoms with Crippen LogP contribution < -0.4 is 4.90 Å². The van der Waals surface area contributed by atoms with E-state index in [-0.39, 0.29) is 5.69 Å². The van der Waals surface area contributed by atoms with Crippen molar-refractivity contribution in [2.75, 3.05) is 38.1 Å². The van der Waals surface area contributed by atoms with Crippen molar-refractivity contribution < 1.29 is 9.13 Å². The van der Waals surface area contributed by atoms with Crippen LogP contribution in [0.2, 0.25) is 0 Å². The van der Waals surface area contributed by atoms with E-state index in [1.807, 2.05) is 11.0 Å². The quantitative estimate of drug-likeness (QED) is 0.564. The van der Waals surface area contributed by atoms with Gasteiger partial charge >= 0.3 is 0 Å². The van der Waals surface area contributed by atoms with Crippen LogP contribution in [0, 0.1) is 28.4 Å². The Bertz CT molecular complexity index is 1050. The molecule has 1 aliphatic heterocycles. The van der Waals surface area contributed by atoms with Gasteiger partial charge in [-0.15, -0.1) is 0 Å². The van der Waals surface area contributed by atoms with E-state index in [0.29, 0.717) is 48.4 Å². The summed E-state index contributed by atoms with van der Waals surface area (Å²) in [4.78, 5) is 21.3. The molecule has 0 saturated carbocycles. The number of benzene rings is 1. The molecular formula is C17H19N7O3S. The van der Waals surface area contributed by atoms with Crippen molar-refractivity contribution in [1.29, 1.82) is 5.26 Å². The van der Waals surface area contributed by atoms with Crippen molar-refractivity contribution in [1.82, 2.24) is 14.3 Å². The standard InChI is InChI=1S/C17H19N7O3S/c1-13-11-14(12-18)21-17(20-13)22-7-9-23(10-8-22)28(27,19-2)16-5-3-15(4-6-16)24(25)26/h3-6,11H,7-10H2,1-2H3. The van der Waals surface area contributed by atoms with Crippen LogP contribution >= 0.6 is 0 Å². The summed E-state index contributed by atoms with van der Waals surface area (Å²) in [6.07, 6.45) is 0. The van der Waals surface area contributed by atoms with Crippen LogP contribution in [-0.4, -0.2) is 56.6 Å². The van der Waals surface area contributed by atoms with Gasteiger partial charge in [-0.25, -0.2) is 22.8 Å². The minimum Gasteiger partial charge on any atom is -0.338 e. The largest absolute Gasteiger partial charge is 0.338 e. The van der Waals surface area contributed by atoms with Gasteiger partial charge in [-0.3, -0.25) is 10.1 Å². The number of hydrogen-bond acceptors (Lipinski definition) is 8. The van der Waals surface area contributed by atoms with Gasteiger partial charge in [-0.2, -0.15) is 5.26 Å². The molecule has 1 aromatic heterocycles. The maximum atomic E-state index is 13.5. The monoisotopic (exact) mass is 401 g/mol. The molecule has 0 bridgehead atoms. The van der Waals surface area contributed by atoms with E-state index in [1.54, 1.807) is 17.3 Å². The van der Waals surface area contributed by atoms with Crippen molar-refractivity contribution in [3.63, 3.8) is 0 Å². The molecule has 0 aliphatic carbocycles. The second kappa shape index (κ2) is 7.87. The number of rotatable bonds is 4. The number of aromatic nitrogens is 2. The second-order valence-corrected chi connectivity index (χ2v) is 8.50. The Morgan fingerprint density at radius 1 is 1.21 bits per heavy atom. The van der Waals surface area contributed by atoms with Crippen LogP contribution in [0.15, 0.2) is 39.6 Å². The summed E-state index contributed by atoms with van der Waals surface area (Å²) in [6, 6.07) is 9.29. The van der Waals surface area contributed by atoms with Crippen molar-refractivity contribution >= 4 is 21.6 Å². The number of aryl methyl sites for hydroxylation is 1. The molecule has 1 fully saturated rings. The third-order valence-corrected chi connectivity index (χ3v) is 6.88. The predicted octanol–water partition coefficient (Wildman–Crippen LogP) is 1.76. The Morgan fingerprint density at radius 2 is 1.86 bits per heavy atom. The fourth-order valence-corrected chi connectivity index (χ4v) is 4.89. The smallest absolute Gasteiger partial charge is 0.269 e. The van der Waals surface area contributed by atoms with E-state index < -0.39 is 14.8 Å². The molecule has 1 saturated heterocycles. The van der Waals surface area contributed by atoms with E-state index >= 15 is 0 Å². The molecule has 0 radical (unpaired) electrons. The van der Waals surface area contributed by atoms with Crippen LogP contribution in [0.5, 0.6) is 0 Å². The normalized spacial score (nSPS) is 16.8. The summed E-state index contributed by atoms with van der Waals surface area (Å²) in [5.74, 6) is 0.478. The first-order valence-corrected chi connectivity index (χ1v) is 10.00. The lowest BCUT2D eigenvalue weighted by Crippen LogP contribution is -2.49. The fraction of sp³-hybridized carbons (Fsp3) is 0.353. The molecule has 2 heterocycles. The minimum atomic E-state index is -2.86. The molecule has 146 valence electrons. The molecule has 28 heavy (non-hydrogen) atoms. The fourth-order valence-electron chi connectivity index (χ4n) is 3.00. The first-order valence-electron chi connectivity index (χ1n) is 8.53. The number of non-ortho nitro benzene ring substituents is 1. The van der Waals surface area contributed by atoms with Gasteiger partial charge in [0.1, 0.15) is 21.7 Å². The molecule has 3 rings (SSSR count). The summed E-state index contributed by atoms with van der Waals surface area (Å²) in [7, 11) is -1.38. The highest BCUT2D eigenvalue weighted by Gasteiger charge is 2.28. The second-order valence-electron chi connectivity index (χ2n) is 6.15. The number of hydrogen-bond donors (Lipinski definition) is 0. The zero-order valence-electron chi connectivity index (χ0n) is 15.5. The van der Waals surface area contributed by atoms with Gasteiger partial charge < -0.3 is 4.90 Å². The van der Waals surface area contributed by atoms with E-state index in [9.17, 15) is 14.3 Å². The van der Waals surface area contributed by atoms with Crippen LogP contribution in [0.4, 0.5) is 11.6 Å². The van der Waals surface area contributed by atoms with Crippen molar-refractivity contribution in [3.05, 3.63) is 51.8 Å². The zero-order chi connectivity index (χ0) is 20.3. The first kappa shape index (κ1) is 19.7. The lowest BCUT2D eigenvalue weighted by atomic mass is 10.3. The van der Waals surface area contributed by atoms with Gasteiger partial charge in [-0.05, 0) is 25.1 Å². The number of nitro groups is 1. The highest BCUT2D eigenvalue weighted by molar-refractivity contribution is 7.91. The molecule has 0 N–H and O–H groups in total. The highest BCUT2D eigenvalue weighted by atomic mass is 32.2. The third kappa shape index (κ3) is 3.78. The van der Waals surface area contributed by atoms with Crippen LogP contribution in [0.25, 0.3) is 0 Å². The predicted molar refractivity (Wildman–Crippen MR) is 103 cm³/mol. The van der Waals surface area contributed by atoms with Crippen LogP contribution in [0.3, 0.4) is 0 Å². The van der Waals surface area contributed by atoms with Crippen LogP contribution in [-0.2, 0) is 9.92 Å². The van der Waals surface area contributed by atoms with E-state index in [1.165, 1.54) is 31.3 Å². The summed E-state index contributed by atoms with van der Waals surface area (Å²) < 4.78 is 19.4. The molecule has 1 aliphatic rings. The first-order chi connectivity index (χ1) is 13.4. The molecule has 1 aromatic carbocycles. The van der Waals surface area contributed by atoms with Gasteiger partial charge in [-0.1, -0.05) is 0 Å². The topological polar surface area (TPSA) is 129 Å². The van der Waals surface area contributed by atoms with Gasteiger partial charge in [0.25, 0.3) is 5.69 Å². The van der Waals surface area contributed by atoms with E-state index in [4.69, 9.17) is 5.26 Å². The number of nitro benzene ring substituents is 1. The number of anilines is 1.